The average molecular weight is 268 g/mol. The number of aromatic nitrogens is 3. The number of nitrogens with one attached hydrogen (secondary N) is 2. The second-order valence-electron chi connectivity index (χ2n) is 4.54. The molecule has 1 fully saturated rings. The van der Waals surface area contributed by atoms with Crippen molar-refractivity contribution in [1.29, 1.82) is 5.26 Å². The highest BCUT2D eigenvalue weighted by molar-refractivity contribution is 6.02. The van der Waals surface area contributed by atoms with Crippen LogP contribution in [0.4, 0.5) is 5.69 Å². The monoisotopic (exact) mass is 268 g/mol. The van der Waals surface area contributed by atoms with Crippen molar-refractivity contribution in [3.05, 3.63) is 41.7 Å². The number of benzene rings is 1. The minimum Gasteiger partial charge on any atom is -0.321 e. The third kappa shape index (κ3) is 2.37. The van der Waals surface area contributed by atoms with Crippen LogP contribution in [0.2, 0.25) is 0 Å². The van der Waals surface area contributed by atoms with E-state index in [0.29, 0.717) is 11.3 Å². The van der Waals surface area contributed by atoms with Crippen LogP contribution in [-0.2, 0) is 0 Å². The number of carbonyl (C=O) groups excluding carboxylic acids is 1. The first-order chi connectivity index (χ1) is 9.76. The maximum atomic E-state index is 12.0. The van der Waals surface area contributed by atoms with Gasteiger partial charge < -0.3 is 10.6 Å². The van der Waals surface area contributed by atoms with Crippen LogP contribution >= 0.6 is 0 Å². The van der Waals surface area contributed by atoms with Crippen molar-refractivity contribution in [2.45, 2.75) is 6.04 Å². The number of nitrogens with zero attached hydrogens (tertiary/aromatic N) is 4. The molecule has 100 valence electrons. The van der Waals surface area contributed by atoms with Gasteiger partial charge in [-0.3, -0.25) is 4.79 Å². The lowest BCUT2D eigenvalue weighted by atomic mass is 10.2. The van der Waals surface area contributed by atoms with Gasteiger partial charge in [0, 0.05) is 18.8 Å². The third-order valence-electron chi connectivity index (χ3n) is 3.13. The molecule has 1 saturated heterocycles. The van der Waals surface area contributed by atoms with E-state index < -0.39 is 0 Å². The van der Waals surface area contributed by atoms with Crippen LogP contribution < -0.4 is 10.6 Å². The van der Waals surface area contributed by atoms with E-state index in [0.717, 1.165) is 13.1 Å². The number of anilines is 1. The van der Waals surface area contributed by atoms with Crippen LogP contribution in [0.25, 0.3) is 0 Å². The molecule has 0 radical (unpaired) electrons. The zero-order valence-electron chi connectivity index (χ0n) is 10.6. The molecule has 1 aromatic carbocycles. The van der Waals surface area contributed by atoms with Gasteiger partial charge in [-0.05, 0) is 18.2 Å². The highest BCUT2D eigenvalue weighted by atomic mass is 16.2. The molecule has 2 aromatic rings. The van der Waals surface area contributed by atoms with Gasteiger partial charge in [0.25, 0.3) is 5.91 Å². The quantitative estimate of drug-likeness (QED) is 0.847. The number of carbonyl (C=O) groups is 1. The van der Waals surface area contributed by atoms with Crippen LogP contribution in [-0.4, -0.2) is 34.0 Å². The fourth-order valence-corrected chi connectivity index (χ4v) is 1.88. The molecule has 0 unspecified atom stereocenters. The van der Waals surface area contributed by atoms with E-state index in [4.69, 9.17) is 5.26 Å². The molecule has 0 spiro atoms. The van der Waals surface area contributed by atoms with Crippen LogP contribution in [0.1, 0.15) is 22.1 Å². The lowest BCUT2D eigenvalue weighted by Gasteiger charge is -2.26. The number of amides is 1. The van der Waals surface area contributed by atoms with Gasteiger partial charge in [-0.15, -0.1) is 5.10 Å². The standard InChI is InChI=1S/C13H12N6O/c14-5-9-2-1-3-10(4-9)16-13(20)12-8-19(18-17-12)11-6-15-7-11/h1-4,8,11,15H,6-7H2,(H,16,20). The highest BCUT2D eigenvalue weighted by Gasteiger charge is 2.21. The van der Waals surface area contributed by atoms with E-state index in [-0.39, 0.29) is 17.6 Å². The molecule has 1 aromatic heterocycles. The molecular weight excluding hydrogens is 256 g/mol. The molecule has 2 N–H and O–H groups in total. The first-order valence-corrected chi connectivity index (χ1v) is 6.20. The average Bonchev–Trinajstić information content (AvgIpc) is 2.86. The molecule has 7 heteroatoms. The molecule has 3 rings (SSSR count). The minimum absolute atomic E-state index is 0.263. The Morgan fingerprint density at radius 2 is 2.35 bits per heavy atom. The van der Waals surface area contributed by atoms with E-state index in [1.165, 1.54) is 0 Å². The lowest BCUT2D eigenvalue weighted by Crippen LogP contribution is -2.43. The number of hydrogen-bond donors (Lipinski definition) is 2. The Morgan fingerprint density at radius 3 is 3.05 bits per heavy atom. The summed E-state index contributed by atoms with van der Waals surface area (Å²) in [6.07, 6.45) is 1.63. The van der Waals surface area contributed by atoms with Gasteiger partial charge in [0.05, 0.1) is 23.9 Å². The van der Waals surface area contributed by atoms with E-state index in [2.05, 4.69) is 20.9 Å². The molecule has 0 aliphatic carbocycles. The second kappa shape index (κ2) is 5.11. The smallest absolute Gasteiger partial charge is 0.277 e. The van der Waals surface area contributed by atoms with Crippen LogP contribution in [0.15, 0.2) is 30.5 Å². The summed E-state index contributed by atoms with van der Waals surface area (Å²) in [5.74, 6) is -0.335. The molecular formula is C13H12N6O. The van der Waals surface area contributed by atoms with Crippen LogP contribution in [0, 0.1) is 11.3 Å². The SMILES string of the molecule is N#Cc1cccc(NC(=O)c2cn(C3CNC3)nn2)c1. The predicted octanol–water partition coefficient (Wildman–Crippen LogP) is 0.546. The second-order valence-corrected chi connectivity index (χ2v) is 4.54. The summed E-state index contributed by atoms with van der Waals surface area (Å²) in [7, 11) is 0. The Balaban J connectivity index is 1.72. The van der Waals surface area contributed by atoms with Crippen LogP contribution in [0.5, 0.6) is 0 Å². The molecule has 0 bridgehead atoms. The van der Waals surface area contributed by atoms with Crippen molar-refractivity contribution in [1.82, 2.24) is 20.3 Å². The molecule has 7 nitrogen and oxygen atoms in total. The highest BCUT2D eigenvalue weighted by Crippen LogP contribution is 2.13. The summed E-state index contributed by atoms with van der Waals surface area (Å²) < 4.78 is 1.69. The summed E-state index contributed by atoms with van der Waals surface area (Å²) >= 11 is 0. The first-order valence-electron chi connectivity index (χ1n) is 6.20. The summed E-state index contributed by atoms with van der Waals surface area (Å²) in [5.41, 5.74) is 1.32. The van der Waals surface area contributed by atoms with Crippen molar-refractivity contribution >= 4 is 11.6 Å². The van der Waals surface area contributed by atoms with Crippen molar-refractivity contribution in [2.24, 2.45) is 0 Å². The Bertz CT molecular complexity index is 682. The molecule has 0 saturated carbocycles. The molecule has 1 amide bonds. The van der Waals surface area contributed by atoms with Crippen molar-refractivity contribution in [2.75, 3.05) is 18.4 Å². The van der Waals surface area contributed by atoms with E-state index >= 15 is 0 Å². The van der Waals surface area contributed by atoms with Gasteiger partial charge >= 0.3 is 0 Å². The van der Waals surface area contributed by atoms with Crippen molar-refractivity contribution in [3.63, 3.8) is 0 Å². The Labute approximate surface area is 115 Å². The third-order valence-corrected chi connectivity index (χ3v) is 3.13. The Hall–Kier alpha value is -2.72. The Morgan fingerprint density at radius 1 is 1.50 bits per heavy atom. The zero-order chi connectivity index (χ0) is 13.9. The van der Waals surface area contributed by atoms with Gasteiger partial charge in [-0.25, -0.2) is 4.68 Å². The fourth-order valence-electron chi connectivity index (χ4n) is 1.88. The lowest BCUT2D eigenvalue weighted by molar-refractivity contribution is 0.102. The molecule has 0 atom stereocenters. The van der Waals surface area contributed by atoms with Gasteiger partial charge in [0.2, 0.25) is 0 Å². The number of hydrogen-bond acceptors (Lipinski definition) is 5. The number of rotatable bonds is 3. The van der Waals surface area contributed by atoms with E-state index in [1.807, 2.05) is 6.07 Å². The summed E-state index contributed by atoms with van der Waals surface area (Å²) in [5, 5.41) is 22.5. The van der Waals surface area contributed by atoms with Crippen molar-refractivity contribution in [3.8, 4) is 6.07 Å². The van der Waals surface area contributed by atoms with Crippen molar-refractivity contribution < 1.29 is 4.79 Å². The summed E-state index contributed by atoms with van der Waals surface area (Å²) in [6, 6.07) is 9.01. The zero-order valence-corrected chi connectivity index (χ0v) is 10.6. The topological polar surface area (TPSA) is 95.6 Å². The normalized spacial score (nSPS) is 14.3. The Kier molecular flexibility index (Phi) is 3.15. The maximum absolute atomic E-state index is 12.0. The molecule has 1 aliphatic rings. The minimum atomic E-state index is -0.335. The summed E-state index contributed by atoms with van der Waals surface area (Å²) in [4.78, 5) is 12.0. The van der Waals surface area contributed by atoms with Crippen LogP contribution in [0.3, 0.4) is 0 Å². The largest absolute Gasteiger partial charge is 0.321 e. The van der Waals surface area contributed by atoms with Gasteiger partial charge in [-0.1, -0.05) is 11.3 Å². The van der Waals surface area contributed by atoms with Gasteiger partial charge in [0.1, 0.15) is 0 Å². The van der Waals surface area contributed by atoms with Gasteiger partial charge in [0.15, 0.2) is 5.69 Å². The summed E-state index contributed by atoms with van der Waals surface area (Å²) in [6.45, 7) is 1.68. The maximum Gasteiger partial charge on any atom is 0.277 e. The molecule has 20 heavy (non-hydrogen) atoms. The number of nitriles is 1. The fraction of sp³-hybridized carbons (Fsp3) is 0.231. The van der Waals surface area contributed by atoms with E-state index in [1.54, 1.807) is 35.1 Å². The molecule has 2 heterocycles. The van der Waals surface area contributed by atoms with E-state index in [9.17, 15) is 4.79 Å². The molecule has 1 aliphatic heterocycles. The van der Waals surface area contributed by atoms with Gasteiger partial charge in [-0.2, -0.15) is 5.26 Å². The first kappa shape index (κ1) is 12.3. The predicted molar refractivity (Wildman–Crippen MR) is 71.0 cm³/mol.